The lowest BCUT2D eigenvalue weighted by Crippen LogP contribution is -2.43. The molecule has 132 valence electrons. The zero-order chi connectivity index (χ0) is 18.1. The molecule has 0 aliphatic carbocycles. The fourth-order valence-electron chi connectivity index (χ4n) is 2.39. The molecule has 1 N–H and O–H groups in total. The third-order valence-corrected chi connectivity index (χ3v) is 4.48. The van der Waals surface area contributed by atoms with E-state index in [0.717, 1.165) is 8.95 Å². The summed E-state index contributed by atoms with van der Waals surface area (Å²) in [6, 6.07) is 4.49. The van der Waals surface area contributed by atoms with Crippen molar-refractivity contribution < 1.29 is 24.2 Å². The SMILES string of the molecule is CC(C)(C)OC(=O)N1C[C@@H](Oc2ccc(Br)cc2Br)C[C@H]1C(=O)O. The molecule has 1 amide bonds. The number of amides is 1. The van der Waals surface area contributed by atoms with Crippen LogP contribution in [0.4, 0.5) is 4.79 Å². The van der Waals surface area contributed by atoms with Crippen molar-refractivity contribution in [3.63, 3.8) is 0 Å². The highest BCUT2D eigenvalue weighted by Crippen LogP contribution is 2.32. The minimum Gasteiger partial charge on any atom is -0.487 e. The molecule has 1 heterocycles. The number of nitrogens with zero attached hydrogens (tertiary/aromatic N) is 1. The second-order valence-corrected chi connectivity index (χ2v) is 8.31. The molecule has 1 aromatic carbocycles. The summed E-state index contributed by atoms with van der Waals surface area (Å²) in [7, 11) is 0. The van der Waals surface area contributed by atoms with Gasteiger partial charge in [0.15, 0.2) is 0 Å². The number of benzene rings is 1. The summed E-state index contributed by atoms with van der Waals surface area (Å²) in [6.07, 6.45) is -0.858. The normalized spacial score (nSPS) is 20.8. The number of carboxylic acid groups (broad SMARTS) is 1. The largest absolute Gasteiger partial charge is 0.487 e. The van der Waals surface area contributed by atoms with Crippen molar-refractivity contribution in [1.29, 1.82) is 0 Å². The van der Waals surface area contributed by atoms with Crippen molar-refractivity contribution in [1.82, 2.24) is 4.90 Å². The Kier molecular flexibility index (Phi) is 5.80. The van der Waals surface area contributed by atoms with Crippen LogP contribution in [-0.2, 0) is 9.53 Å². The number of hydrogen-bond acceptors (Lipinski definition) is 4. The van der Waals surface area contributed by atoms with Crippen molar-refractivity contribution in [3.8, 4) is 5.75 Å². The molecule has 0 saturated carbocycles. The van der Waals surface area contributed by atoms with Crippen LogP contribution in [0.2, 0.25) is 0 Å². The fourth-order valence-corrected chi connectivity index (χ4v) is 3.53. The van der Waals surface area contributed by atoms with Crippen LogP contribution in [0.5, 0.6) is 5.75 Å². The van der Waals surface area contributed by atoms with Crippen LogP contribution >= 0.6 is 31.9 Å². The number of carbonyl (C=O) groups is 2. The van der Waals surface area contributed by atoms with E-state index in [4.69, 9.17) is 9.47 Å². The third kappa shape index (κ3) is 4.86. The number of aliphatic carboxylic acids is 1. The van der Waals surface area contributed by atoms with Crippen LogP contribution in [0.3, 0.4) is 0 Å². The second-order valence-electron chi connectivity index (χ2n) is 6.54. The molecule has 1 aliphatic heterocycles. The third-order valence-electron chi connectivity index (χ3n) is 3.36. The highest BCUT2D eigenvalue weighted by Gasteiger charge is 2.42. The number of carbonyl (C=O) groups excluding carboxylic acids is 1. The van der Waals surface area contributed by atoms with Gasteiger partial charge in [0.2, 0.25) is 0 Å². The average Bonchev–Trinajstić information content (AvgIpc) is 2.84. The summed E-state index contributed by atoms with van der Waals surface area (Å²) in [6.45, 7) is 5.38. The maximum absolute atomic E-state index is 12.3. The van der Waals surface area contributed by atoms with Gasteiger partial charge in [0.1, 0.15) is 23.5 Å². The first-order valence-electron chi connectivity index (χ1n) is 7.41. The lowest BCUT2D eigenvalue weighted by molar-refractivity contribution is -0.142. The Balaban J connectivity index is 2.11. The highest BCUT2D eigenvalue weighted by molar-refractivity contribution is 9.11. The molecule has 0 bridgehead atoms. The van der Waals surface area contributed by atoms with Crippen LogP contribution in [0.1, 0.15) is 27.2 Å². The Morgan fingerprint density at radius 2 is 1.96 bits per heavy atom. The number of halogens is 2. The summed E-state index contributed by atoms with van der Waals surface area (Å²) >= 11 is 6.77. The molecule has 24 heavy (non-hydrogen) atoms. The second kappa shape index (κ2) is 7.31. The van der Waals surface area contributed by atoms with E-state index in [2.05, 4.69) is 31.9 Å². The molecule has 1 aromatic rings. The van der Waals surface area contributed by atoms with Crippen molar-refractivity contribution >= 4 is 43.9 Å². The van der Waals surface area contributed by atoms with Crippen molar-refractivity contribution in [2.45, 2.75) is 44.9 Å². The van der Waals surface area contributed by atoms with Gasteiger partial charge >= 0.3 is 12.1 Å². The van der Waals surface area contributed by atoms with Crippen molar-refractivity contribution in [2.24, 2.45) is 0 Å². The van der Waals surface area contributed by atoms with Gasteiger partial charge in [-0.1, -0.05) is 15.9 Å². The predicted molar refractivity (Wildman–Crippen MR) is 95.2 cm³/mol. The zero-order valence-corrected chi connectivity index (χ0v) is 16.8. The highest BCUT2D eigenvalue weighted by atomic mass is 79.9. The Bertz CT molecular complexity index is 644. The van der Waals surface area contributed by atoms with Gasteiger partial charge in [-0.3, -0.25) is 4.90 Å². The minimum absolute atomic E-state index is 0.161. The molecule has 8 heteroatoms. The van der Waals surface area contributed by atoms with Crippen molar-refractivity contribution in [2.75, 3.05) is 6.54 Å². The van der Waals surface area contributed by atoms with Crippen LogP contribution in [0.25, 0.3) is 0 Å². The van der Waals surface area contributed by atoms with E-state index in [1.807, 2.05) is 12.1 Å². The molecule has 0 unspecified atom stereocenters. The number of rotatable bonds is 3. The maximum atomic E-state index is 12.3. The van der Waals surface area contributed by atoms with Gasteiger partial charge in [0, 0.05) is 10.9 Å². The van der Waals surface area contributed by atoms with Gasteiger partial charge in [-0.15, -0.1) is 0 Å². The molecular formula is C16H19Br2NO5. The summed E-state index contributed by atoms with van der Waals surface area (Å²) < 4.78 is 12.8. The zero-order valence-electron chi connectivity index (χ0n) is 13.6. The summed E-state index contributed by atoms with van der Waals surface area (Å²) in [5.41, 5.74) is -0.687. The van der Waals surface area contributed by atoms with Gasteiger partial charge in [-0.05, 0) is 54.9 Å². The summed E-state index contributed by atoms with van der Waals surface area (Å²) in [5, 5.41) is 9.39. The van der Waals surface area contributed by atoms with Crippen LogP contribution in [0, 0.1) is 0 Å². The molecule has 1 aliphatic rings. The maximum Gasteiger partial charge on any atom is 0.411 e. The molecular weight excluding hydrogens is 446 g/mol. The lowest BCUT2D eigenvalue weighted by Gasteiger charge is -2.26. The summed E-state index contributed by atoms with van der Waals surface area (Å²) in [4.78, 5) is 24.9. The average molecular weight is 465 g/mol. The monoisotopic (exact) mass is 463 g/mol. The van der Waals surface area contributed by atoms with Gasteiger partial charge in [-0.2, -0.15) is 0 Å². The topological polar surface area (TPSA) is 76.1 Å². The number of hydrogen-bond donors (Lipinski definition) is 1. The first kappa shape index (κ1) is 19.1. The van der Waals surface area contributed by atoms with Gasteiger partial charge in [-0.25, -0.2) is 9.59 Å². The molecule has 6 nitrogen and oxygen atoms in total. The molecule has 1 fully saturated rings. The molecule has 2 atom stereocenters. The molecule has 0 radical (unpaired) electrons. The van der Waals surface area contributed by atoms with E-state index < -0.39 is 29.8 Å². The van der Waals surface area contributed by atoms with Gasteiger partial charge in [0.05, 0.1) is 11.0 Å². The summed E-state index contributed by atoms with van der Waals surface area (Å²) in [5.74, 6) is -0.472. The molecule has 1 saturated heterocycles. The van der Waals surface area contributed by atoms with E-state index in [1.165, 1.54) is 4.90 Å². The van der Waals surface area contributed by atoms with Crippen LogP contribution in [0.15, 0.2) is 27.1 Å². The van der Waals surface area contributed by atoms with E-state index in [9.17, 15) is 14.7 Å². The standard InChI is InChI=1S/C16H19Br2NO5/c1-16(2,3)24-15(22)19-8-10(7-12(19)14(20)21)23-13-5-4-9(17)6-11(13)18/h4-6,10,12H,7-8H2,1-3H3,(H,20,21)/t10-,12-/m0/s1. The smallest absolute Gasteiger partial charge is 0.411 e. The van der Waals surface area contributed by atoms with Crippen LogP contribution < -0.4 is 4.74 Å². The Hall–Kier alpha value is -1.28. The molecule has 0 spiro atoms. The predicted octanol–water partition coefficient (Wildman–Crippen LogP) is 4.05. The lowest BCUT2D eigenvalue weighted by atomic mass is 10.2. The number of likely N-dealkylation sites (tertiary alicyclic amines) is 1. The van der Waals surface area contributed by atoms with Crippen molar-refractivity contribution in [3.05, 3.63) is 27.1 Å². The number of carboxylic acids is 1. The molecule has 2 rings (SSSR count). The fraction of sp³-hybridized carbons (Fsp3) is 0.500. The minimum atomic E-state index is -1.07. The van der Waals surface area contributed by atoms with E-state index in [1.54, 1.807) is 26.8 Å². The quantitative estimate of drug-likeness (QED) is 0.730. The van der Waals surface area contributed by atoms with Gasteiger partial charge < -0.3 is 14.6 Å². The Morgan fingerprint density at radius 1 is 1.29 bits per heavy atom. The van der Waals surface area contributed by atoms with E-state index >= 15 is 0 Å². The Morgan fingerprint density at radius 3 is 2.50 bits per heavy atom. The number of ether oxygens (including phenoxy) is 2. The van der Waals surface area contributed by atoms with E-state index in [0.29, 0.717) is 5.75 Å². The first-order valence-corrected chi connectivity index (χ1v) is 8.99. The van der Waals surface area contributed by atoms with Crippen LogP contribution in [-0.4, -0.2) is 46.4 Å². The Labute approximate surface area is 157 Å². The van der Waals surface area contributed by atoms with Gasteiger partial charge in [0.25, 0.3) is 0 Å². The van der Waals surface area contributed by atoms with E-state index in [-0.39, 0.29) is 13.0 Å². The molecule has 0 aromatic heterocycles. The first-order chi connectivity index (χ1) is 11.1.